The molecule has 0 fully saturated rings. The van der Waals surface area contributed by atoms with Crippen LogP contribution in [0.15, 0.2) is 24.3 Å². The lowest BCUT2D eigenvalue weighted by molar-refractivity contribution is 0.185. The van der Waals surface area contributed by atoms with E-state index in [0.29, 0.717) is 18.5 Å². The van der Waals surface area contributed by atoms with Gasteiger partial charge in [-0.05, 0) is 19.5 Å². The van der Waals surface area contributed by atoms with Gasteiger partial charge in [0.25, 0.3) is 0 Å². The highest BCUT2D eigenvalue weighted by Gasteiger charge is 2.25. The van der Waals surface area contributed by atoms with Crippen molar-refractivity contribution in [3.63, 3.8) is 0 Å². The minimum atomic E-state index is -0.241. The van der Waals surface area contributed by atoms with Crippen LogP contribution in [0.25, 0.3) is 0 Å². The Bertz CT molecular complexity index is 412. The number of hydrogen-bond donors (Lipinski definition) is 1. The molecule has 0 radical (unpaired) electrons. The van der Waals surface area contributed by atoms with Crippen molar-refractivity contribution in [1.82, 2.24) is 4.90 Å². The quantitative estimate of drug-likeness (QED) is 0.842. The molecule has 2 unspecified atom stereocenters. The SMILES string of the molecule is CCN(CCC#N)C(c1ccccc1F)C(C)N. The number of hydrogen-bond acceptors (Lipinski definition) is 3. The fourth-order valence-corrected chi connectivity index (χ4v) is 2.21. The predicted octanol–water partition coefficient (Wildman–Crippen LogP) is 2.45. The third kappa shape index (κ3) is 3.52. The van der Waals surface area contributed by atoms with Gasteiger partial charge >= 0.3 is 0 Å². The minimum Gasteiger partial charge on any atom is -0.326 e. The molecule has 0 aliphatic rings. The van der Waals surface area contributed by atoms with Crippen molar-refractivity contribution in [3.8, 4) is 6.07 Å². The van der Waals surface area contributed by atoms with Crippen molar-refractivity contribution in [3.05, 3.63) is 35.6 Å². The molecular formula is C14H20FN3. The lowest BCUT2D eigenvalue weighted by Gasteiger charge is -2.33. The Labute approximate surface area is 108 Å². The van der Waals surface area contributed by atoms with Crippen molar-refractivity contribution in [2.45, 2.75) is 32.4 Å². The summed E-state index contributed by atoms with van der Waals surface area (Å²) in [4.78, 5) is 2.05. The Balaban J connectivity index is 3.02. The third-order valence-electron chi connectivity index (χ3n) is 3.03. The Hall–Kier alpha value is -1.44. The van der Waals surface area contributed by atoms with Crippen LogP contribution in [0, 0.1) is 17.1 Å². The summed E-state index contributed by atoms with van der Waals surface area (Å²) in [6.07, 6.45) is 0.422. The van der Waals surface area contributed by atoms with E-state index in [4.69, 9.17) is 11.0 Å². The van der Waals surface area contributed by atoms with Crippen molar-refractivity contribution in [1.29, 1.82) is 5.26 Å². The monoisotopic (exact) mass is 249 g/mol. The Morgan fingerprint density at radius 1 is 1.44 bits per heavy atom. The van der Waals surface area contributed by atoms with Crippen LogP contribution in [0.5, 0.6) is 0 Å². The number of nitrogens with two attached hydrogens (primary N) is 1. The maximum absolute atomic E-state index is 13.9. The van der Waals surface area contributed by atoms with Crippen LogP contribution in [0.3, 0.4) is 0 Å². The summed E-state index contributed by atoms with van der Waals surface area (Å²) < 4.78 is 13.9. The lowest BCUT2D eigenvalue weighted by Crippen LogP contribution is -2.40. The van der Waals surface area contributed by atoms with E-state index < -0.39 is 0 Å². The zero-order chi connectivity index (χ0) is 13.5. The average molecular weight is 249 g/mol. The molecular weight excluding hydrogens is 229 g/mol. The first-order valence-corrected chi connectivity index (χ1v) is 6.22. The molecule has 0 aliphatic carbocycles. The number of nitriles is 1. The van der Waals surface area contributed by atoms with Gasteiger partial charge in [-0.2, -0.15) is 5.26 Å². The van der Waals surface area contributed by atoms with E-state index in [1.165, 1.54) is 6.07 Å². The second-order valence-electron chi connectivity index (χ2n) is 4.36. The van der Waals surface area contributed by atoms with Crippen molar-refractivity contribution >= 4 is 0 Å². The second kappa shape index (κ2) is 7.10. The van der Waals surface area contributed by atoms with Crippen LogP contribution < -0.4 is 5.73 Å². The van der Waals surface area contributed by atoms with Crippen LogP contribution in [0.4, 0.5) is 4.39 Å². The van der Waals surface area contributed by atoms with Gasteiger partial charge in [-0.1, -0.05) is 25.1 Å². The highest BCUT2D eigenvalue weighted by atomic mass is 19.1. The standard InChI is InChI=1S/C14H20FN3/c1-3-18(10-6-9-16)14(11(2)17)12-7-4-5-8-13(12)15/h4-5,7-8,11,14H,3,6,10,17H2,1-2H3. The summed E-state index contributed by atoms with van der Waals surface area (Å²) >= 11 is 0. The maximum atomic E-state index is 13.9. The fourth-order valence-electron chi connectivity index (χ4n) is 2.21. The van der Waals surface area contributed by atoms with Gasteiger partial charge in [-0.15, -0.1) is 0 Å². The van der Waals surface area contributed by atoms with Crippen LogP contribution in [0.2, 0.25) is 0 Å². The fraction of sp³-hybridized carbons (Fsp3) is 0.500. The molecule has 1 aromatic rings. The zero-order valence-electron chi connectivity index (χ0n) is 10.9. The van der Waals surface area contributed by atoms with Crippen LogP contribution in [-0.2, 0) is 0 Å². The lowest BCUT2D eigenvalue weighted by atomic mass is 9.98. The minimum absolute atomic E-state index is 0.190. The van der Waals surface area contributed by atoms with Crippen molar-refractivity contribution < 1.29 is 4.39 Å². The van der Waals surface area contributed by atoms with Crippen LogP contribution >= 0.6 is 0 Å². The molecule has 18 heavy (non-hydrogen) atoms. The van der Waals surface area contributed by atoms with E-state index in [-0.39, 0.29) is 17.9 Å². The van der Waals surface area contributed by atoms with Gasteiger partial charge < -0.3 is 5.73 Å². The number of benzene rings is 1. The molecule has 1 rings (SSSR count). The summed E-state index contributed by atoms with van der Waals surface area (Å²) in [7, 11) is 0. The van der Waals surface area contributed by atoms with E-state index in [0.717, 1.165) is 6.54 Å². The number of halogens is 1. The van der Waals surface area contributed by atoms with Gasteiger partial charge in [-0.25, -0.2) is 4.39 Å². The molecule has 2 atom stereocenters. The predicted molar refractivity (Wildman–Crippen MR) is 70.3 cm³/mol. The molecule has 0 spiro atoms. The molecule has 0 saturated carbocycles. The van der Waals surface area contributed by atoms with Gasteiger partial charge in [-0.3, -0.25) is 4.90 Å². The number of nitrogens with zero attached hydrogens (tertiary/aromatic N) is 2. The molecule has 0 amide bonds. The molecule has 98 valence electrons. The molecule has 0 aliphatic heterocycles. The van der Waals surface area contributed by atoms with Gasteiger partial charge in [0.15, 0.2) is 0 Å². The van der Waals surface area contributed by atoms with E-state index in [2.05, 4.69) is 6.07 Å². The average Bonchev–Trinajstić information content (AvgIpc) is 2.35. The first-order valence-electron chi connectivity index (χ1n) is 6.22. The third-order valence-corrected chi connectivity index (χ3v) is 3.03. The Kier molecular flexibility index (Phi) is 5.76. The number of likely N-dealkylation sites (N-methyl/N-ethyl adjacent to an activating group) is 1. The highest BCUT2D eigenvalue weighted by molar-refractivity contribution is 5.22. The molecule has 2 N–H and O–H groups in total. The zero-order valence-corrected chi connectivity index (χ0v) is 10.9. The van der Waals surface area contributed by atoms with E-state index in [1.807, 2.05) is 24.8 Å². The Morgan fingerprint density at radius 3 is 2.61 bits per heavy atom. The normalized spacial score (nSPS) is 14.2. The van der Waals surface area contributed by atoms with Gasteiger partial charge in [0, 0.05) is 24.6 Å². The van der Waals surface area contributed by atoms with E-state index in [9.17, 15) is 4.39 Å². The number of rotatable bonds is 6. The van der Waals surface area contributed by atoms with Crippen LogP contribution in [0.1, 0.15) is 31.9 Å². The smallest absolute Gasteiger partial charge is 0.128 e. The van der Waals surface area contributed by atoms with Crippen LogP contribution in [-0.4, -0.2) is 24.0 Å². The molecule has 4 heteroatoms. The first-order chi connectivity index (χ1) is 8.61. The van der Waals surface area contributed by atoms with E-state index in [1.54, 1.807) is 12.1 Å². The summed E-state index contributed by atoms with van der Waals surface area (Å²) in [5.74, 6) is -0.241. The van der Waals surface area contributed by atoms with E-state index >= 15 is 0 Å². The molecule has 0 saturated heterocycles. The highest BCUT2D eigenvalue weighted by Crippen LogP contribution is 2.25. The Morgan fingerprint density at radius 2 is 2.11 bits per heavy atom. The topological polar surface area (TPSA) is 53.0 Å². The van der Waals surface area contributed by atoms with Gasteiger partial charge in [0.05, 0.1) is 12.1 Å². The molecule has 0 aromatic heterocycles. The largest absolute Gasteiger partial charge is 0.326 e. The maximum Gasteiger partial charge on any atom is 0.128 e. The summed E-state index contributed by atoms with van der Waals surface area (Å²) in [5, 5.41) is 8.67. The molecule has 3 nitrogen and oxygen atoms in total. The molecule has 1 aromatic carbocycles. The van der Waals surface area contributed by atoms with Gasteiger partial charge in [0.1, 0.15) is 5.82 Å². The molecule has 0 bridgehead atoms. The second-order valence-corrected chi connectivity index (χ2v) is 4.36. The van der Waals surface area contributed by atoms with Crippen molar-refractivity contribution in [2.24, 2.45) is 5.73 Å². The summed E-state index contributed by atoms with van der Waals surface area (Å²) in [6.45, 7) is 5.20. The van der Waals surface area contributed by atoms with Crippen molar-refractivity contribution in [2.75, 3.05) is 13.1 Å². The van der Waals surface area contributed by atoms with Gasteiger partial charge in [0.2, 0.25) is 0 Å². The first kappa shape index (κ1) is 14.6. The summed E-state index contributed by atoms with van der Waals surface area (Å²) in [6, 6.07) is 8.42. The summed E-state index contributed by atoms with van der Waals surface area (Å²) in [5.41, 5.74) is 6.60. The molecule has 0 heterocycles.